The van der Waals surface area contributed by atoms with Crippen LogP contribution in [0.3, 0.4) is 0 Å². The predicted octanol–water partition coefficient (Wildman–Crippen LogP) is 4.67. The molecule has 3 heteroatoms. The van der Waals surface area contributed by atoms with Crippen molar-refractivity contribution in [3.8, 4) is 16.2 Å². The van der Waals surface area contributed by atoms with Crippen molar-refractivity contribution in [1.82, 2.24) is 0 Å². The van der Waals surface area contributed by atoms with Crippen LogP contribution in [0.25, 0.3) is 32.1 Å². The van der Waals surface area contributed by atoms with Crippen molar-refractivity contribution in [1.29, 1.82) is 0 Å². The minimum absolute atomic E-state index is 0.581. The van der Waals surface area contributed by atoms with Crippen molar-refractivity contribution in [2.75, 3.05) is 0 Å². The zero-order valence-electron chi connectivity index (χ0n) is 12.2. The molecule has 0 aliphatic carbocycles. The van der Waals surface area contributed by atoms with Gasteiger partial charge in [0.05, 0.1) is 5.39 Å². The number of nitrogens with zero attached hydrogens (tertiary/aromatic N) is 1. The maximum Gasteiger partial charge on any atom is 0.292 e. The van der Waals surface area contributed by atoms with E-state index in [-0.39, 0.29) is 0 Å². The van der Waals surface area contributed by atoms with Gasteiger partial charge >= 0.3 is 0 Å². The third kappa shape index (κ3) is 1.52. The zero-order valence-corrected chi connectivity index (χ0v) is 13.0. The summed E-state index contributed by atoms with van der Waals surface area (Å²) in [6.07, 6.45) is 0. The summed E-state index contributed by atoms with van der Waals surface area (Å²) in [4.78, 5) is 1.26. The number of hydrogen-bond acceptors (Lipinski definition) is 2. The van der Waals surface area contributed by atoms with E-state index in [1.165, 1.54) is 37.8 Å². The Kier molecular flexibility index (Phi) is 2.38. The first kappa shape index (κ1) is 12.2. The summed E-state index contributed by atoms with van der Waals surface area (Å²) in [7, 11) is 0. The Morgan fingerprint density at radius 2 is 1.82 bits per heavy atom. The number of hydrogen-bond donors (Lipinski definition) is 0. The maximum absolute atomic E-state index is 6.19. The molecule has 5 rings (SSSR count). The molecule has 0 bridgehead atoms. The van der Waals surface area contributed by atoms with E-state index in [0.717, 1.165) is 5.75 Å². The SMILES string of the molecule is Cc1ccc2ccc3ccc(-c4cccs4)c4c3c2[n+]1CO4. The number of thiophene rings is 1. The number of aromatic nitrogens is 1. The van der Waals surface area contributed by atoms with E-state index >= 15 is 0 Å². The van der Waals surface area contributed by atoms with Crippen molar-refractivity contribution in [3.63, 3.8) is 0 Å². The lowest BCUT2D eigenvalue weighted by atomic mass is 9.99. The molecule has 106 valence electrons. The molecule has 0 spiro atoms. The van der Waals surface area contributed by atoms with Gasteiger partial charge in [-0.05, 0) is 35.0 Å². The van der Waals surface area contributed by atoms with Gasteiger partial charge in [-0.15, -0.1) is 11.3 Å². The van der Waals surface area contributed by atoms with Crippen LogP contribution in [-0.4, -0.2) is 0 Å². The minimum atomic E-state index is 0.581. The molecule has 2 aromatic heterocycles. The molecule has 2 nitrogen and oxygen atoms in total. The summed E-state index contributed by atoms with van der Waals surface area (Å²) in [5.74, 6) is 1.02. The van der Waals surface area contributed by atoms with E-state index < -0.39 is 0 Å². The first-order valence-electron chi connectivity index (χ1n) is 7.38. The molecule has 3 heterocycles. The molecule has 1 aliphatic rings. The zero-order chi connectivity index (χ0) is 14.7. The fourth-order valence-corrected chi connectivity index (χ4v) is 4.11. The molecule has 0 saturated carbocycles. The van der Waals surface area contributed by atoms with Crippen molar-refractivity contribution in [2.24, 2.45) is 0 Å². The van der Waals surface area contributed by atoms with Crippen LogP contribution < -0.4 is 9.30 Å². The molecule has 0 radical (unpaired) electrons. The molecule has 0 N–H and O–H groups in total. The smallest absolute Gasteiger partial charge is 0.292 e. The normalized spacial score (nSPS) is 13.0. The van der Waals surface area contributed by atoms with Crippen LogP contribution in [0.1, 0.15) is 5.69 Å². The van der Waals surface area contributed by atoms with E-state index in [1.54, 1.807) is 11.3 Å². The average molecular weight is 304 g/mol. The monoisotopic (exact) mass is 304 g/mol. The Balaban J connectivity index is 2.01. The number of benzene rings is 2. The minimum Gasteiger partial charge on any atom is -0.434 e. The second-order valence-corrected chi connectivity index (χ2v) is 6.64. The van der Waals surface area contributed by atoms with E-state index in [0.29, 0.717) is 6.73 Å². The van der Waals surface area contributed by atoms with Crippen molar-refractivity contribution in [2.45, 2.75) is 13.7 Å². The molecular formula is C19H14NOS+. The maximum atomic E-state index is 6.19. The fourth-order valence-electron chi connectivity index (χ4n) is 3.36. The second kappa shape index (κ2) is 4.31. The van der Waals surface area contributed by atoms with E-state index in [4.69, 9.17) is 4.74 Å². The predicted molar refractivity (Wildman–Crippen MR) is 90.3 cm³/mol. The van der Waals surface area contributed by atoms with Crippen molar-refractivity contribution >= 4 is 33.0 Å². The lowest BCUT2D eigenvalue weighted by Gasteiger charge is -2.18. The standard InChI is InChI=1S/C19H14NOS/c1-12-4-5-14-7-6-13-8-9-15(16-3-2-10-22-16)19-17(13)18(14)20(12)11-21-19/h2-10H,11H2,1H3/q+1. The summed E-state index contributed by atoms with van der Waals surface area (Å²) in [6.45, 7) is 2.72. The summed E-state index contributed by atoms with van der Waals surface area (Å²) >= 11 is 1.76. The molecule has 0 atom stereocenters. The number of aryl methyl sites for hydroxylation is 1. The van der Waals surface area contributed by atoms with Gasteiger partial charge < -0.3 is 4.74 Å². The van der Waals surface area contributed by atoms with Gasteiger partial charge in [-0.2, -0.15) is 4.57 Å². The Morgan fingerprint density at radius 3 is 2.68 bits per heavy atom. The van der Waals surface area contributed by atoms with Gasteiger partial charge in [0.25, 0.3) is 6.73 Å². The summed E-state index contributed by atoms with van der Waals surface area (Å²) in [5.41, 5.74) is 3.71. The van der Waals surface area contributed by atoms with Gasteiger partial charge in [0, 0.05) is 28.8 Å². The molecule has 0 saturated heterocycles. The Bertz CT molecular complexity index is 1030. The van der Waals surface area contributed by atoms with Crippen LogP contribution in [-0.2, 0) is 6.73 Å². The molecule has 1 aliphatic heterocycles. The van der Waals surface area contributed by atoms with Gasteiger partial charge in [0.2, 0.25) is 5.52 Å². The molecule has 2 aromatic carbocycles. The van der Waals surface area contributed by atoms with Crippen molar-refractivity contribution < 1.29 is 9.30 Å². The lowest BCUT2D eigenvalue weighted by molar-refractivity contribution is -0.707. The quantitative estimate of drug-likeness (QED) is 0.368. The summed E-state index contributed by atoms with van der Waals surface area (Å²) in [5, 5.41) is 5.86. The molecule has 0 amide bonds. The fraction of sp³-hybridized carbons (Fsp3) is 0.105. The topological polar surface area (TPSA) is 13.1 Å². The van der Waals surface area contributed by atoms with E-state index in [1.807, 2.05) is 0 Å². The summed E-state index contributed by atoms with van der Waals surface area (Å²) in [6, 6.07) is 17.4. The van der Waals surface area contributed by atoms with E-state index in [9.17, 15) is 0 Å². The highest BCUT2D eigenvalue weighted by molar-refractivity contribution is 7.13. The number of rotatable bonds is 1. The van der Waals surface area contributed by atoms with Gasteiger partial charge in [0.1, 0.15) is 5.75 Å². The van der Waals surface area contributed by atoms with Crippen LogP contribution in [0.4, 0.5) is 0 Å². The first-order valence-corrected chi connectivity index (χ1v) is 8.26. The van der Waals surface area contributed by atoms with Gasteiger partial charge in [-0.3, -0.25) is 0 Å². The number of ether oxygens (including phenoxy) is 1. The Labute approximate surface area is 132 Å². The lowest BCUT2D eigenvalue weighted by Crippen LogP contribution is -2.42. The highest BCUT2D eigenvalue weighted by Crippen LogP contribution is 2.42. The number of pyridine rings is 1. The molecule has 4 aromatic rings. The average Bonchev–Trinajstić information content (AvgIpc) is 3.08. The van der Waals surface area contributed by atoms with Gasteiger partial charge in [-0.1, -0.05) is 18.2 Å². The van der Waals surface area contributed by atoms with Crippen LogP contribution in [0, 0.1) is 6.92 Å². The van der Waals surface area contributed by atoms with Gasteiger partial charge in [0.15, 0.2) is 5.69 Å². The van der Waals surface area contributed by atoms with Gasteiger partial charge in [-0.25, -0.2) is 0 Å². The third-order valence-electron chi connectivity index (χ3n) is 4.47. The Hall–Kier alpha value is -2.39. The molecule has 0 unspecified atom stereocenters. The first-order chi connectivity index (χ1) is 10.8. The van der Waals surface area contributed by atoms with Crippen molar-refractivity contribution in [3.05, 3.63) is 59.6 Å². The Morgan fingerprint density at radius 1 is 1.00 bits per heavy atom. The van der Waals surface area contributed by atoms with Crippen LogP contribution in [0.5, 0.6) is 5.75 Å². The summed E-state index contributed by atoms with van der Waals surface area (Å²) < 4.78 is 8.46. The van der Waals surface area contributed by atoms with Crippen LogP contribution in [0.15, 0.2) is 53.9 Å². The largest absolute Gasteiger partial charge is 0.434 e. The van der Waals surface area contributed by atoms with E-state index in [2.05, 4.69) is 65.4 Å². The highest BCUT2D eigenvalue weighted by Gasteiger charge is 2.26. The molecule has 0 fully saturated rings. The van der Waals surface area contributed by atoms with Crippen LogP contribution in [0.2, 0.25) is 0 Å². The highest BCUT2D eigenvalue weighted by atomic mass is 32.1. The van der Waals surface area contributed by atoms with Crippen LogP contribution >= 0.6 is 11.3 Å². The second-order valence-electron chi connectivity index (χ2n) is 5.70. The molecule has 22 heavy (non-hydrogen) atoms. The molecular weight excluding hydrogens is 290 g/mol. The third-order valence-corrected chi connectivity index (χ3v) is 5.37.